The molecule has 2 amide bonds. The van der Waals surface area contributed by atoms with Crippen LogP contribution in [0.5, 0.6) is 0 Å². The molecule has 0 bridgehead atoms. The lowest BCUT2D eigenvalue weighted by Gasteiger charge is -2.39. The van der Waals surface area contributed by atoms with Gasteiger partial charge in [-0.25, -0.2) is 0 Å². The van der Waals surface area contributed by atoms with E-state index in [0.29, 0.717) is 23.6 Å². The summed E-state index contributed by atoms with van der Waals surface area (Å²) in [6.07, 6.45) is 5.84. The minimum atomic E-state index is -0.0799. The lowest BCUT2D eigenvalue weighted by atomic mass is 9.69. The number of hydrogen-bond donors (Lipinski definition) is 3. The molecule has 156 valence electrons. The first-order valence-electron chi connectivity index (χ1n) is 10.7. The molecule has 1 unspecified atom stereocenters. The molecule has 1 atom stereocenters. The van der Waals surface area contributed by atoms with Gasteiger partial charge in [-0.05, 0) is 49.1 Å². The Morgan fingerprint density at radius 2 is 1.71 bits per heavy atom. The molecule has 0 radical (unpaired) electrons. The summed E-state index contributed by atoms with van der Waals surface area (Å²) >= 11 is 0. The van der Waals surface area contributed by atoms with Crippen LogP contribution in [0.2, 0.25) is 0 Å². The van der Waals surface area contributed by atoms with E-state index in [1.54, 1.807) is 7.05 Å². The van der Waals surface area contributed by atoms with Gasteiger partial charge in [0.15, 0.2) is 6.54 Å². The molecule has 28 heavy (non-hydrogen) atoms. The van der Waals surface area contributed by atoms with Crippen LogP contribution >= 0.6 is 0 Å². The highest BCUT2D eigenvalue weighted by Crippen LogP contribution is 2.40. The van der Waals surface area contributed by atoms with E-state index < -0.39 is 0 Å². The van der Waals surface area contributed by atoms with Crippen LogP contribution < -0.4 is 15.5 Å². The molecule has 1 aromatic carbocycles. The van der Waals surface area contributed by atoms with E-state index in [1.165, 1.54) is 19.3 Å². The molecule has 0 saturated heterocycles. The van der Waals surface area contributed by atoms with Crippen molar-refractivity contribution in [2.75, 3.05) is 20.6 Å². The van der Waals surface area contributed by atoms with E-state index in [1.807, 2.05) is 31.3 Å². The van der Waals surface area contributed by atoms with Crippen LogP contribution in [0.15, 0.2) is 24.3 Å². The fraction of sp³-hybridized carbons (Fsp3) is 0.652. The number of nitrogens with one attached hydrogen (secondary N) is 3. The van der Waals surface area contributed by atoms with Gasteiger partial charge >= 0.3 is 0 Å². The van der Waals surface area contributed by atoms with Crippen molar-refractivity contribution in [1.82, 2.24) is 10.6 Å². The van der Waals surface area contributed by atoms with Crippen LogP contribution in [0.4, 0.5) is 0 Å². The molecule has 1 aromatic rings. The molecule has 1 fully saturated rings. The van der Waals surface area contributed by atoms with Gasteiger partial charge in [-0.3, -0.25) is 9.59 Å². The molecule has 0 heterocycles. The first kappa shape index (κ1) is 22.4. The third kappa shape index (κ3) is 6.33. The predicted octanol–water partition coefficient (Wildman–Crippen LogP) is 2.17. The Morgan fingerprint density at radius 3 is 2.25 bits per heavy atom. The van der Waals surface area contributed by atoms with Crippen LogP contribution in [0.25, 0.3) is 0 Å². The number of carbonyl (C=O) groups is 2. The molecule has 5 nitrogen and oxygen atoms in total. The normalized spacial score (nSPS) is 21.0. The summed E-state index contributed by atoms with van der Waals surface area (Å²) in [5, 5.41) is 5.87. The van der Waals surface area contributed by atoms with Gasteiger partial charge < -0.3 is 15.5 Å². The average molecular weight is 389 g/mol. The standard InChI is InChI=1S/C23H37N3O2/c1-6-23(2,3)19-11-13-20(14-12-19)25-21(27)16-26(5)15-17-7-9-18(10-8-17)22(28)24-4/h7-10,19-20H,6,11-16H2,1-5H3,(H,24,28)(H,25,27)/p+1. The van der Waals surface area contributed by atoms with Crippen molar-refractivity contribution in [3.05, 3.63) is 35.4 Å². The highest BCUT2D eigenvalue weighted by molar-refractivity contribution is 5.93. The maximum atomic E-state index is 12.4. The largest absolute Gasteiger partial charge is 0.355 e. The van der Waals surface area contributed by atoms with Gasteiger partial charge in [0.2, 0.25) is 0 Å². The van der Waals surface area contributed by atoms with Crippen molar-refractivity contribution >= 4 is 11.8 Å². The smallest absolute Gasteiger partial charge is 0.275 e. The average Bonchev–Trinajstić information content (AvgIpc) is 2.68. The van der Waals surface area contributed by atoms with E-state index in [4.69, 9.17) is 0 Å². The Morgan fingerprint density at radius 1 is 1.11 bits per heavy atom. The second-order valence-electron chi connectivity index (χ2n) is 9.04. The van der Waals surface area contributed by atoms with Gasteiger partial charge in [0.1, 0.15) is 6.54 Å². The summed E-state index contributed by atoms with van der Waals surface area (Å²) in [5.74, 6) is 0.832. The minimum absolute atomic E-state index is 0.0799. The molecular formula is C23H38N3O2+. The van der Waals surface area contributed by atoms with Crippen molar-refractivity contribution in [1.29, 1.82) is 0 Å². The van der Waals surface area contributed by atoms with Gasteiger partial charge in [0.05, 0.1) is 7.05 Å². The van der Waals surface area contributed by atoms with Crippen LogP contribution in [-0.4, -0.2) is 38.5 Å². The second kappa shape index (κ2) is 10.1. The van der Waals surface area contributed by atoms with E-state index in [9.17, 15) is 9.59 Å². The Kier molecular flexibility index (Phi) is 8.05. The third-order valence-electron chi connectivity index (χ3n) is 6.52. The van der Waals surface area contributed by atoms with Crippen molar-refractivity contribution < 1.29 is 14.5 Å². The summed E-state index contributed by atoms with van der Waals surface area (Å²) in [6.45, 7) is 8.25. The molecular weight excluding hydrogens is 350 g/mol. The summed E-state index contributed by atoms with van der Waals surface area (Å²) in [7, 11) is 3.66. The quantitative estimate of drug-likeness (QED) is 0.639. The van der Waals surface area contributed by atoms with E-state index in [0.717, 1.165) is 35.8 Å². The van der Waals surface area contributed by atoms with Crippen molar-refractivity contribution in [3.63, 3.8) is 0 Å². The Labute approximate surface area is 170 Å². The number of carbonyl (C=O) groups excluding carboxylic acids is 2. The SMILES string of the molecule is CCC(C)(C)C1CCC(NC(=O)C[NH+](C)Cc2ccc(C(=O)NC)cc2)CC1. The van der Waals surface area contributed by atoms with Crippen LogP contribution in [0, 0.1) is 11.3 Å². The minimum Gasteiger partial charge on any atom is -0.355 e. The zero-order chi connectivity index (χ0) is 20.7. The van der Waals surface area contributed by atoms with E-state index in [2.05, 4.69) is 31.4 Å². The first-order chi connectivity index (χ1) is 13.2. The lowest BCUT2D eigenvalue weighted by Crippen LogP contribution is -3.09. The van der Waals surface area contributed by atoms with Crippen molar-refractivity contribution in [2.45, 2.75) is 65.5 Å². The van der Waals surface area contributed by atoms with E-state index >= 15 is 0 Å². The molecule has 0 aromatic heterocycles. The van der Waals surface area contributed by atoms with Crippen molar-refractivity contribution in [3.8, 4) is 0 Å². The summed E-state index contributed by atoms with van der Waals surface area (Å²) < 4.78 is 0. The Balaban J connectivity index is 1.75. The number of quaternary nitrogens is 1. The summed E-state index contributed by atoms with van der Waals surface area (Å²) in [4.78, 5) is 25.2. The lowest BCUT2D eigenvalue weighted by molar-refractivity contribution is -0.885. The highest BCUT2D eigenvalue weighted by Gasteiger charge is 2.32. The van der Waals surface area contributed by atoms with Crippen LogP contribution in [0.3, 0.4) is 0 Å². The van der Waals surface area contributed by atoms with Gasteiger partial charge in [-0.15, -0.1) is 0 Å². The summed E-state index contributed by atoms with van der Waals surface area (Å²) in [5.41, 5.74) is 2.19. The maximum Gasteiger partial charge on any atom is 0.275 e. The molecule has 1 aliphatic rings. The third-order valence-corrected chi connectivity index (χ3v) is 6.52. The number of rotatable bonds is 8. The highest BCUT2D eigenvalue weighted by atomic mass is 16.2. The molecule has 5 heteroatoms. The van der Waals surface area contributed by atoms with Gasteiger partial charge in [-0.2, -0.15) is 0 Å². The number of likely N-dealkylation sites (N-methyl/N-ethyl adjacent to an activating group) is 1. The molecule has 0 spiro atoms. The number of hydrogen-bond acceptors (Lipinski definition) is 2. The molecule has 1 saturated carbocycles. The molecule has 3 N–H and O–H groups in total. The second-order valence-corrected chi connectivity index (χ2v) is 9.04. The van der Waals surface area contributed by atoms with E-state index in [-0.39, 0.29) is 11.8 Å². The number of benzene rings is 1. The molecule has 2 rings (SSSR count). The Bertz CT molecular complexity index is 646. The predicted molar refractivity (Wildman–Crippen MR) is 113 cm³/mol. The Hall–Kier alpha value is -1.88. The zero-order valence-electron chi connectivity index (χ0n) is 18.2. The first-order valence-corrected chi connectivity index (χ1v) is 10.7. The van der Waals surface area contributed by atoms with Gasteiger partial charge in [0, 0.05) is 24.2 Å². The van der Waals surface area contributed by atoms with Crippen LogP contribution in [0.1, 0.15) is 68.8 Å². The van der Waals surface area contributed by atoms with Gasteiger partial charge in [0.25, 0.3) is 11.8 Å². The van der Waals surface area contributed by atoms with Crippen molar-refractivity contribution in [2.24, 2.45) is 11.3 Å². The molecule has 0 aliphatic heterocycles. The topological polar surface area (TPSA) is 62.6 Å². The van der Waals surface area contributed by atoms with Crippen LogP contribution in [-0.2, 0) is 11.3 Å². The fourth-order valence-electron chi connectivity index (χ4n) is 4.19. The van der Waals surface area contributed by atoms with Gasteiger partial charge in [-0.1, -0.05) is 39.3 Å². The fourth-order valence-corrected chi connectivity index (χ4v) is 4.19. The number of amides is 2. The summed E-state index contributed by atoms with van der Waals surface area (Å²) in [6, 6.07) is 7.91. The zero-order valence-corrected chi connectivity index (χ0v) is 18.2. The molecule has 1 aliphatic carbocycles. The maximum absolute atomic E-state index is 12.4. The monoisotopic (exact) mass is 388 g/mol.